The topological polar surface area (TPSA) is 77.7 Å². The Hall–Kier alpha value is -1.37. The average Bonchev–Trinajstić information content (AvgIpc) is 3.12. The van der Waals surface area contributed by atoms with Gasteiger partial charge in [-0.05, 0) is 31.4 Å². The number of carbonyl (C=O) groups is 1. The zero-order chi connectivity index (χ0) is 14.7. The van der Waals surface area contributed by atoms with E-state index in [1.54, 1.807) is 6.26 Å². The third-order valence-corrected chi connectivity index (χ3v) is 4.45. The van der Waals surface area contributed by atoms with E-state index in [0.29, 0.717) is 12.5 Å². The third-order valence-electron chi connectivity index (χ3n) is 4.45. The molecule has 0 amide bonds. The Bertz CT molecular complexity index is 455. The fourth-order valence-electron chi connectivity index (χ4n) is 3.26. The van der Waals surface area contributed by atoms with Gasteiger partial charge >= 0.3 is 5.97 Å². The maximum atomic E-state index is 10.9. The van der Waals surface area contributed by atoms with E-state index in [4.69, 9.17) is 9.52 Å². The van der Waals surface area contributed by atoms with Crippen LogP contribution >= 0.6 is 0 Å². The fraction of sp³-hybridized carbons (Fsp3) is 0.667. The van der Waals surface area contributed by atoms with Gasteiger partial charge in [-0.15, -0.1) is 0 Å². The number of hydrogen-bond donors (Lipinski definition) is 3. The van der Waals surface area contributed by atoms with Crippen molar-refractivity contribution in [3.63, 3.8) is 0 Å². The number of piperidine rings is 1. The zero-order valence-corrected chi connectivity index (χ0v) is 12.1. The predicted octanol–water partition coefficient (Wildman–Crippen LogP) is 0.649. The lowest BCUT2D eigenvalue weighted by Crippen LogP contribution is -2.46. The van der Waals surface area contributed by atoms with Crippen LogP contribution in [0, 0.1) is 0 Å². The van der Waals surface area contributed by atoms with E-state index in [1.165, 1.54) is 0 Å². The number of carboxylic acids is 1. The second-order valence-corrected chi connectivity index (χ2v) is 6.03. The largest absolute Gasteiger partial charge is 0.480 e. The van der Waals surface area contributed by atoms with E-state index in [0.717, 1.165) is 44.8 Å². The summed E-state index contributed by atoms with van der Waals surface area (Å²) in [5, 5.41) is 15.6. The molecule has 1 aromatic rings. The Balaban J connectivity index is 1.39. The van der Waals surface area contributed by atoms with Crippen molar-refractivity contribution in [2.45, 2.75) is 43.9 Å². The monoisotopic (exact) mass is 293 g/mol. The Labute approximate surface area is 124 Å². The number of hydrogen-bond acceptors (Lipinski definition) is 5. The molecule has 1 aromatic heterocycles. The van der Waals surface area contributed by atoms with Gasteiger partial charge in [-0.1, -0.05) is 0 Å². The van der Waals surface area contributed by atoms with Gasteiger partial charge in [0.05, 0.1) is 12.8 Å². The van der Waals surface area contributed by atoms with Crippen molar-refractivity contribution in [3.8, 4) is 0 Å². The SMILES string of the molecule is O=C(O)[C@@H]1C[C@H](NC2CCN(Cc3ccco3)CC2)CN1. The zero-order valence-electron chi connectivity index (χ0n) is 12.1. The van der Waals surface area contributed by atoms with Crippen molar-refractivity contribution in [1.82, 2.24) is 15.5 Å². The molecule has 3 heterocycles. The number of furan rings is 1. The lowest BCUT2D eigenvalue weighted by atomic mass is 10.0. The van der Waals surface area contributed by atoms with Gasteiger partial charge in [0.2, 0.25) is 0 Å². The summed E-state index contributed by atoms with van der Waals surface area (Å²) in [6.45, 7) is 3.75. The molecule has 0 radical (unpaired) electrons. The minimum Gasteiger partial charge on any atom is -0.480 e. The van der Waals surface area contributed by atoms with Gasteiger partial charge in [0.1, 0.15) is 11.8 Å². The van der Waals surface area contributed by atoms with E-state index in [-0.39, 0.29) is 12.1 Å². The van der Waals surface area contributed by atoms with Crippen LogP contribution in [0.25, 0.3) is 0 Å². The number of aliphatic carboxylic acids is 1. The van der Waals surface area contributed by atoms with Crippen LogP contribution in [0.2, 0.25) is 0 Å². The highest BCUT2D eigenvalue weighted by atomic mass is 16.4. The highest BCUT2D eigenvalue weighted by Crippen LogP contribution is 2.16. The van der Waals surface area contributed by atoms with Crippen molar-refractivity contribution in [3.05, 3.63) is 24.2 Å². The smallest absolute Gasteiger partial charge is 0.320 e. The van der Waals surface area contributed by atoms with Gasteiger partial charge in [-0.3, -0.25) is 9.69 Å². The molecule has 2 aliphatic heterocycles. The standard InChI is InChI=1S/C15H23N3O3/c19-15(20)14-8-12(9-16-14)17-11-3-5-18(6-4-11)10-13-2-1-7-21-13/h1-2,7,11-12,14,16-17H,3-6,8-10H2,(H,19,20)/t12-,14-/m0/s1. The van der Waals surface area contributed by atoms with Crippen molar-refractivity contribution in [1.29, 1.82) is 0 Å². The molecule has 6 nitrogen and oxygen atoms in total. The first-order chi connectivity index (χ1) is 10.2. The molecule has 0 bridgehead atoms. The molecular formula is C15H23N3O3. The van der Waals surface area contributed by atoms with Crippen LogP contribution in [0.4, 0.5) is 0 Å². The first-order valence-electron chi connectivity index (χ1n) is 7.67. The van der Waals surface area contributed by atoms with Crippen LogP contribution in [-0.2, 0) is 11.3 Å². The van der Waals surface area contributed by atoms with Gasteiger partial charge in [-0.25, -0.2) is 0 Å². The summed E-state index contributed by atoms with van der Waals surface area (Å²) < 4.78 is 5.38. The molecule has 0 aromatic carbocycles. The number of likely N-dealkylation sites (tertiary alicyclic amines) is 1. The van der Waals surface area contributed by atoms with Crippen LogP contribution in [0.1, 0.15) is 25.0 Å². The van der Waals surface area contributed by atoms with Gasteiger partial charge in [0, 0.05) is 31.7 Å². The van der Waals surface area contributed by atoms with Crippen LogP contribution in [0.15, 0.2) is 22.8 Å². The Morgan fingerprint density at radius 1 is 1.43 bits per heavy atom. The van der Waals surface area contributed by atoms with Gasteiger partial charge < -0.3 is 20.2 Å². The number of nitrogens with zero attached hydrogens (tertiary/aromatic N) is 1. The molecule has 21 heavy (non-hydrogen) atoms. The molecule has 6 heteroatoms. The number of carboxylic acid groups (broad SMARTS) is 1. The van der Waals surface area contributed by atoms with Crippen molar-refractivity contribution < 1.29 is 14.3 Å². The summed E-state index contributed by atoms with van der Waals surface area (Å²) in [5.74, 6) is 0.276. The van der Waals surface area contributed by atoms with Crippen LogP contribution in [0.5, 0.6) is 0 Å². The molecule has 3 N–H and O–H groups in total. The van der Waals surface area contributed by atoms with E-state index in [9.17, 15) is 4.79 Å². The van der Waals surface area contributed by atoms with Crippen molar-refractivity contribution >= 4 is 5.97 Å². The Kier molecular flexibility index (Phi) is 4.57. The molecule has 3 rings (SSSR count). The third kappa shape index (κ3) is 3.84. The molecule has 0 unspecified atom stereocenters. The molecular weight excluding hydrogens is 270 g/mol. The van der Waals surface area contributed by atoms with Crippen LogP contribution in [0.3, 0.4) is 0 Å². The van der Waals surface area contributed by atoms with Gasteiger partial charge in [-0.2, -0.15) is 0 Å². The first kappa shape index (κ1) is 14.6. The average molecular weight is 293 g/mol. The summed E-state index contributed by atoms with van der Waals surface area (Å²) in [4.78, 5) is 13.3. The van der Waals surface area contributed by atoms with Gasteiger partial charge in [0.25, 0.3) is 0 Å². The molecule has 2 aliphatic rings. The Morgan fingerprint density at radius 3 is 2.86 bits per heavy atom. The molecule has 0 aliphatic carbocycles. The summed E-state index contributed by atoms with van der Waals surface area (Å²) in [7, 11) is 0. The first-order valence-corrected chi connectivity index (χ1v) is 7.67. The molecule has 116 valence electrons. The highest BCUT2D eigenvalue weighted by molar-refractivity contribution is 5.73. The highest BCUT2D eigenvalue weighted by Gasteiger charge is 2.31. The quantitative estimate of drug-likeness (QED) is 0.740. The van der Waals surface area contributed by atoms with E-state index >= 15 is 0 Å². The molecule has 2 fully saturated rings. The molecule has 2 atom stereocenters. The predicted molar refractivity (Wildman–Crippen MR) is 78.0 cm³/mol. The van der Waals surface area contributed by atoms with Crippen LogP contribution < -0.4 is 10.6 Å². The second kappa shape index (κ2) is 6.60. The molecule has 0 saturated carbocycles. The number of nitrogens with one attached hydrogen (secondary N) is 2. The Morgan fingerprint density at radius 2 is 2.24 bits per heavy atom. The van der Waals surface area contributed by atoms with E-state index in [1.807, 2.05) is 12.1 Å². The van der Waals surface area contributed by atoms with Crippen molar-refractivity contribution in [2.75, 3.05) is 19.6 Å². The minimum atomic E-state index is -0.743. The van der Waals surface area contributed by atoms with Crippen molar-refractivity contribution in [2.24, 2.45) is 0 Å². The number of rotatable bonds is 5. The summed E-state index contributed by atoms with van der Waals surface area (Å²) in [6, 6.07) is 4.34. The maximum absolute atomic E-state index is 10.9. The minimum absolute atomic E-state index is 0.285. The molecule has 2 saturated heterocycles. The second-order valence-electron chi connectivity index (χ2n) is 6.03. The lowest BCUT2D eigenvalue weighted by molar-refractivity contribution is -0.139. The van der Waals surface area contributed by atoms with E-state index in [2.05, 4.69) is 15.5 Å². The summed E-state index contributed by atoms with van der Waals surface area (Å²) in [5.41, 5.74) is 0. The molecule has 0 spiro atoms. The van der Waals surface area contributed by atoms with E-state index < -0.39 is 5.97 Å². The summed E-state index contributed by atoms with van der Waals surface area (Å²) >= 11 is 0. The lowest BCUT2D eigenvalue weighted by Gasteiger charge is -2.33. The maximum Gasteiger partial charge on any atom is 0.320 e. The van der Waals surface area contributed by atoms with Crippen LogP contribution in [-0.4, -0.2) is 53.7 Å². The normalized spacial score (nSPS) is 28.0. The fourth-order valence-corrected chi connectivity index (χ4v) is 3.26. The summed E-state index contributed by atoms with van der Waals surface area (Å²) in [6.07, 6.45) is 4.61. The van der Waals surface area contributed by atoms with Gasteiger partial charge in [0.15, 0.2) is 0 Å².